The fourth-order valence-electron chi connectivity index (χ4n) is 1.23. The lowest BCUT2D eigenvalue weighted by atomic mass is 10.1. The lowest BCUT2D eigenvalue weighted by Crippen LogP contribution is -2.01. The maximum absolute atomic E-state index is 10.8. The Bertz CT molecular complexity index is 422. The summed E-state index contributed by atoms with van der Waals surface area (Å²) in [6.45, 7) is 1.76. The molecule has 2 N–H and O–H groups in total. The molecule has 0 aliphatic rings. The zero-order chi connectivity index (χ0) is 10.8. The van der Waals surface area contributed by atoms with Crippen molar-refractivity contribution in [3.63, 3.8) is 0 Å². The summed E-state index contributed by atoms with van der Waals surface area (Å²) in [7, 11) is -4.12. The van der Waals surface area contributed by atoms with Gasteiger partial charge in [0.1, 0.15) is 0 Å². The van der Waals surface area contributed by atoms with Gasteiger partial charge in [-0.25, -0.2) is 0 Å². The topological polar surface area (TPSA) is 74.6 Å². The maximum Gasteiger partial charge on any atom is 0.294 e. The summed E-state index contributed by atoms with van der Waals surface area (Å²) >= 11 is 0. The number of rotatable bonds is 3. The molecule has 5 heteroatoms. The summed E-state index contributed by atoms with van der Waals surface area (Å²) in [4.78, 5) is -0.114. The van der Waals surface area contributed by atoms with Gasteiger partial charge in [0.05, 0.1) is 4.90 Å². The Hall–Kier alpha value is -0.910. The first-order valence-electron chi connectivity index (χ1n) is 4.13. The highest BCUT2D eigenvalue weighted by Crippen LogP contribution is 2.15. The van der Waals surface area contributed by atoms with Crippen LogP contribution in [0.4, 0.5) is 0 Å². The molecule has 0 unspecified atom stereocenters. The maximum atomic E-state index is 10.8. The van der Waals surface area contributed by atoms with Gasteiger partial charge < -0.3 is 5.11 Å². The molecule has 1 aromatic rings. The van der Waals surface area contributed by atoms with Crippen LogP contribution in [0.5, 0.6) is 0 Å². The van der Waals surface area contributed by atoms with Gasteiger partial charge in [-0.15, -0.1) is 0 Å². The minimum atomic E-state index is -4.12. The van der Waals surface area contributed by atoms with Crippen LogP contribution in [0.1, 0.15) is 11.1 Å². The fraction of sp³-hybridized carbons (Fsp3) is 0.333. The van der Waals surface area contributed by atoms with Crippen molar-refractivity contribution in [2.24, 2.45) is 0 Å². The number of aliphatic hydroxyl groups is 1. The van der Waals surface area contributed by atoms with Crippen LogP contribution in [0, 0.1) is 6.92 Å². The van der Waals surface area contributed by atoms with E-state index in [1.807, 2.05) is 0 Å². The van der Waals surface area contributed by atoms with Crippen LogP contribution in [0.15, 0.2) is 23.1 Å². The molecule has 0 atom stereocenters. The highest BCUT2D eigenvalue weighted by molar-refractivity contribution is 7.85. The summed E-state index contributed by atoms with van der Waals surface area (Å²) in [5, 5.41) is 8.71. The molecule has 78 valence electrons. The molecule has 14 heavy (non-hydrogen) atoms. The Labute approximate surface area is 82.9 Å². The van der Waals surface area contributed by atoms with Gasteiger partial charge in [-0.1, -0.05) is 6.07 Å². The molecule has 0 heterocycles. The van der Waals surface area contributed by atoms with Gasteiger partial charge in [0, 0.05) is 6.61 Å². The van der Waals surface area contributed by atoms with Gasteiger partial charge in [0.15, 0.2) is 0 Å². The Morgan fingerprint density at radius 2 is 2.00 bits per heavy atom. The largest absolute Gasteiger partial charge is 0.396 e. The second kappa shape index (κ2) is 4.08. The number of aryl methyl sites for hydroxylation is 1. The van der Waals surface area contributed by atoms with E-state index in [-0.39, 0.29) is 11.5 Å². The molecular formula is C9H12O4S. The highest BCUT2D eigenvalue weighted by Gasteiger charge is 2.10. The van der Waals surface area contributed by atoms with Gasteiger partial charge in [-0.2, -0.15) is 8.42 Å². The minimum Gasteiger partial charge on any atom is -0.396 e. The first kappa shape index (κ1) is 11.2. The minimum absolute atomic E-state index is 0.0199. The van der Waals surface area contributed by atoms with Crippen LogP contribution in [-0.4, -0.2) is 24.7 Å². The average molecular weight is 216 g/mol. The number of aliphatic hydroxyl groups excluding tert-OH is 1. The van der Waals surface area contributed by atoms with Crippen molar-refractivity contribution in [2.75, 3.05) is 6.61 Å². The molecule has 1 rings (SSSR count). The first-order chi connectivity index (χ1) is 6.45. The smallest absolute Gasteiger partial charge is 0.294 e. The Morgan fingerprint density at radius 1 is 1.36 bits per heavy atom. The zero-order valence-electron chi connectivity index (χ0n) is 7.77. The normalized spacial score (nSPS) is 11.6. The second-order valence-electron chi connectivity index (χ2n) is 3.04. The molecule has 0 fully saturated rings. The lowest BCUT2D eigenvalue weighted by molar-refractivity contribution is 0.299. The van der Waals surface area contributed by atoms with E-state index in [9.17, 15) is 8.42 Å². The SMILES string of the molecule is Cc1cc(S(=O)(=O)O)ccc1CCO. The molecular weight excluding hydrogens is 204 g/mol. The van der Waals surface area contributed by atoms with Crippen molar-refractivity contribution in [1.82, 2.24) is 0 Å². The van der Waals surface area contributed by atoms with Crippen LogP contribution in [0.2, 0.25) is 0 Å². The monoisotopic (exact) mass is 216 g/mol. The molecule has 0 saturated heterocycles. The fourth-order valence-corrected chi connectivity index (χ4v) is 1.80. The van der Waals surface area contributed by atoms with Crippen molar-refractivity contribution in [2.45, 2.75) is 18.2 Å². The quantitative estimate of drug-likeness (QED) is 0.732. The summed E-state index contributed by atoms with van der Waals surface area (Å²) < 4.78 is 30.3. The molecule has 0 bridgehead atoms. The van der Waals surface area contributed by atoms with Crippen LogP contribution in [0.25, 0.3) is 0 Å². The van der Waals surface area contributed by atoms with E-state index in [4.69, 9.17) is 9.66 Å². The van der Waals surface area contributed by atoms with E-state index in [0.717, 1.165) is 11.1 Å². The average Bonchev–Trinajstić information content (AvgIpc) is 2.07. The molecule has 0 aliphatic heterocycles. The zero-order valence-corrected chi connectivity index (χ0v) is 8.58. The summed E-state index contributed by atoms with van der Waals surface area (Å²) in [5.41, 5.74) is 1.62. The van der Waals surface area contributed by atoms with Crippen molar-refractivity contribution in [3.05, 3.63) is 29.3 Å². The van der Waals surface area contributed by atoms with E-state index in [0.29, 0.717) is 6.42 Å². The molecule has 0 aliphatic carbocycles. The first-order valence-corrected chi connectivity index (χ1v) is 5.57. The summed E-state index contributed by atoms with van der Waals surface area (Å²) in [6, 6.07) is 4.31. The van der Waals surface area contributed by atoms with Crippen LogP contribution < -0.4 is 0 Å². The third-order valence-corrected chi connectivity index (χ3v) is 2.84. The lowest BCUT2D eigenvalue weighted by Gasteiger charge is -2.05. The molecule has 0 spiro atoms. The molecule has 0 aromatic heterocycles. The van der Waals surface area contributed by atoms with Gasteiger partial charge >= 0.3 is 0 Å². The van der Waals surface area contributed by atoms with Gasteiger partial charge in [-0.3, -0.25) is 4.55 Å². The second-order valence-corrected chi connectivity index (χ2v) is 4.46. The third-order valence-electron chi connectivity index (χ3n) is 1.99. The Balaban J connectivity index is 3.13. The van der Waals surface area contributed by atoms with Crippen LogP contribution in [-0.2, 0) is 16.5 Å². The van der Waals surface area contributed by atoms with Crippen molar-refractivity contribution >= 4 is 10.1 Å². The van der Waals surface area contributed by atoms with Gasteiger partial charge in [-0.05, 0) is 36.6 Å². The Morgan fingerprint density at radius 3 is 2.43 bits per heavy atom. The molecule has 0 amide bonds. The standard InChI is InChI=1S/C9H12O4S/c1-7-6-9(14(11,12)13)3-2-8(7)4-5-10/h2-3,6,10H,4-5H2,1H3,(H,11,12,13). The summed E-state index contributed by atoms with van der Waals surface area (Å²) in [6.07, 6.45) is 0.484. The van der Waals surface area contributed by atoms with Crippen molar-refractivity contribution < 1.29 is 18.1 Å². The predicted octanol–water partition coefficient (Wildman–Crippen LogP) is 0.777. The van der Waals surface area contributed by atoms with E-state index >= 15 is 0 Å². The third kappa shape index (κ3) is 2.54. The molecule has 1 aromatic carbocycles. The number of hydrogen-bond acceptors (Lipinski definition) is 3. The summed E-state index contributed by atoms with van der Waals surface area (Å²) in [5.74, 6) is 0. The van der Waals surface area contributed by atoms with Gasteiger partial charge in [0.25, 0.3) is 10.1 Å². The van der Waals surface area contributed by atoms with Gasteiger partial charge in [0.2, 0.25) is 0 Å². The van der Waals surface area contributed by atoms with E-state index < -0.39 is 10.1 Å². The highest BCUT2D eigenvalue weighted by atomic mass is 32.2. The number of hydrogen-bond donors (Lipinski definition) is 2. The molecule has 0 saturated carbocycles. The van der Waals surface area contributed by atoms with E-state index in [1.54, 1.807) is 13.0 Å². The van der Waals surface area contributed by atoms with E-state index in [1.165, 1.54) is 12.1 Å². The predicted molar refractivity (Wildman–Crippen MR) is 51.8 cm³/mol. The number of benzene rings is 1. The molecule has 0 radical (unpaired) electrons. The van der Waals surface area contributed by atoms with Crippen LogP contribution in [0.3, 0.4) is 0 Å². The van der Waals surface area contributed by atoms with Crippen molar-refractivity contribution in [3.8, 4) is 0 Å². The van der Waals surface area contributed by atoms with E-state index in [2.05, 4.69) is 0 Å². The van der Waals surface area contributed by atoms with Crippen LogP contribution >= 0.6 is 0 Å². The Kier molecular flexibility index (Phi) is 3.25. The van der Waals surface area contributed by atoms with Crippen molar-refractivity contribution in [1.29, 1.82) is 0 Å². The molecule has 4 nitrogen and oxygen atoms in total.